The van der Waals surface area contributed by atoms with Crippen molar-refractivity contribution in [1.29, 1.82) is 0 Å². The van der Waals surface area contributed by atoms with Crippen LogP contribution in [0, 0.1) is 0 Å². The van der Waals surface area contributed by atoms with Crippen molar-refractivity contribution in [1.82, 2.24) is 10.2 Å². The molecule has 1 N–H and O–H groups in total. The Bertz CT molecular complexity index is 793. The number of likely N-dealkylation sites (tertiary alicyclic amines) is 1. The third kappa shape index (κ3) is 5.16. The van der Waals surface area contributed by atoms with Gasteiger partial charge in [-0.1, -0.05) is 12.6 Å². The predicted octanol–water partition coefficient (Wildman–Crippen LogP) is 3.64. The molecule has 1 amide bonds. The van der Waals surface area contributed by atoms with Crippen molar-refractivity contribution in [3.8, 4) is 11.5 Å². The van der Waals surface area contributed by atoms with Crippen molar-refractivity contribution in [2.45, 2.75) is 32.4 Å². The van der Waals surface area contributed by atoms with E-state index < -0.39 is 0 Å². The normalized spacial score (nSPS) is 14.7. The van der Waals surface area contributed by atoms with E-state index in [4.69, 9.17) is 13.9 Å². The molecule has 3 rings (SSSR count). The maximum atomic E-state index is 12.3. The fourth-order valence-corrected chi connectivity index (χ4v) is 3.25. The summed E-state index contributed by atoms with van der Waals surface area (Å²) >= 11 is 0. The van der Waals surface area contributed by atoms with Gasteiger partial charge in [-0.25, -0.2) is 0 Å². The van der Waals surface area contributed by atoms with Crippen LogP contribution in [0.3, 0.4) is 0 Å². The molecule has 6 nitrogen and oxygen atoms in total. The number of rotatable bonds is 8. The summed E-state index contributed by atoms with van der Waals surface area (Å²) in [5.41, 5.74) is 2.09. The molecule has 1 saturated heterocycles. The largest absolute Gasteiger partial charge is 0.493 e. The Morgan fingerprint density at radius 2 is 2.07 bits per heavy atom. The van der Waals surface area contributed by atoms with E-state index >= 15 is 0 Å². The van der Waals surface area contributed by atoms with Gasteiger partial charge in [0, 0.05) is 25.7 Å². The molecule has 2 heterocycles. The highest BCUT2D eigenvalue weighted by Crippen LogP contribution is 2.28. The molecule has 6 heteroatoms. The zero-order valence-electron chi connectivity index (χ0n) is 16.6. The number of carbonyl (C=O) groups is 1. The second-order valence-electron chi connectivity index (χ2n) is 7.16. The van der Waals surface area contributed by atoms with Crippen LogP contribution in [0.5, 0.6) is 11.5 Å². The van der Waals surface area contributed by atoms with Crippen molar-refractivity contribution >= 4 is 5.91 Å². The number of benzene rings is 1. The molecule has 0 aliphatic carbocycles. The molecule has 0 unspecified atom stereocenters. The number of nitrogens with zero attached hydrogens (tertiary/aromatic N) is 1. The van der Waals surface area contributed by atoms with E-state index in [2.05, 4.69) is 11.9 Å². The smallest absolute Gasteiger partial charge is 0.289 e. The van der Waals surface area contributed by atoms with Crippen LogP contribution in [0.4, 0.5) is 0 Å². The number of hydrogen-bond acceptors (Lipinski definition) is 5. The zero-order valence-corrected chi connectivity index (χ0v) is 16.6. The van der Waals surface area contributed by atoms with E-state index in [1.165, 1.54) is 6.26 Å². The van der Waals surface area contributed by atoms with E-state index in [1.807, 2.05) is 30.0 Å². The maximum absolute atomic E-state index is 12.3. The van der Waals surface area contributed by atoms with Gasteiger partial charge in [0.15, 0.2) is 17.3 Å². The second kappa shape index (κ2) is 9.46. The highest BCUT2D eigenvalue weighted by atomic mass is 16.5. The number of carbonyl (C=O) groups excluding carboxylic acids is 1. The third-order valence-corrected chi connectivity index (χ3v) is 4.81. The number of piperidine rings is 1. The van der Waals surface area contributed by atoms with Gasteiger partial charge in [0.1, 0.15) is 6.61 Å². The summed E-state index contributed by atoms with van der Waals surface area (Å²) in [6.07, 6.45) is 3.37. The van der Waals surface area contributed by atoms with Gasteiger partial charge in [0.05, 0.1) is 13.4 Å². The lowest BCUT2D eigenvalue weighted by Gasteiger charge is -2.32. The van der Waals surface area contributed by atoms with Gasteiger partial charge >= 0.3 is 0 Å². The Labute approximate surface area is 166 Å². The molecular formula is C22H28N2O4. The van der Waals surface area contributed by atoms with Crippen molar-refractivity contribution in [3.05, 3.63) is 60.1 Å². The topological polar surface area (TPSA) is 63.9 Å². The molecule has 0 radical (unpaired) electrons. The molecule has 1 aliphatic rings. The van der Waals surface area contributed by atoms with Gasteiger partial charge in [0.2, 0.25) is 0 Å². The van der Waals surface area contributed by atoms with Crippen LogP contribution in [-0.4, -0.2) is 43.7 Å². The van der Waals surface area contributed by atoms with Gasteiger partial charge in [-0.05, 0) is 55.2 Å². The summed E-state index contributed by atoms with van der Waals surface area (Å²) < 4.78 is 16.4. The lowest BCUT2D eigenvalue weighted by molar-refractivity contribution is 0.0672. The molecule has 0 saturated carbocycles. The molecule has 0 atom stereocenters. The minimum atomic E-state index is -0.0297. The van der Waals surface area contributed by atoms with Crippen LogP contribution < -0.4 is 14.8 Å². The van der Waals surface area contributed by atoms with Crippen LogP contribution in [0.1, 0.15) is 35.9 Å². The van der Waals surface area contributed by atoms with Crippen LogP contribution in [0.2, 0.25) is 0 Å². The van der Waals surface area contributed by atoms with Crippen LogP contribution >= 0.6 is 0 Å². The molecule has 28 heavy (non-hydrogen) atoms. The van der Waals surface area contributed by atoms with E-state index in [-0.39, 0.29) is 5.91 Å². The number of nitrogens with one attached hydrogen (secondary N) is 1. The first-order valence-corrected chi connectivity index (χ1v) is 9.57. The molecule has 2 aromatic rings. The number of ether oxygens (including phenoxy) is 2. The fraction of sp³-hybridized carbons (Fsp3) is 0.409. The summed E-state index contributed by atoms with van der Waals surface area (Å²) in [6, 6.07) is 9.80. The van der Waals surface area contributed by atoms with Crippen LogP contribution in [0.25, 0.3) is 0 Å². The second-order valence-corrected chi connectivity index (χ2v) is 7.16. The summed E-state index contributed by atoms with van der Waals surface area (Å²) in [5.74, 6) is 1.82. The van der Waals surface area contributed by atoms with Crippen LogP contribution in [0.15, 0.2) is 53.2 Å². The minimum absolute atomic E-state index is 0.0297. The van der Waals surface area contributed by atoms with Gasteiger partial charge in [-0.15, -0.1) is 0 Å². The SMILES string of the molecule is C=C(C)COc1cc(CNC2CCN(C(=O)c3ccco3)CC2)ccc1OC. The molecule has 0 bridgehead atoms. The summed E-state index contributed by atoms with van der Waals surface area (Å²) in [6.45, 7) is 8.47. The Hall–Kier alpha value is -2.73. The van der Waals surface area contributed by atoms with Crippen molar-refractivity contribution in [2.24, 2.45) is 0 Å². The number of methoxy groups -OCH3 is 1. The van der Waals surface area contributed by atoms with Crippen molar-refractivity contribution in [2.75, 3.05) is 26.8 Å². The monoisotopic (exact) mass is 384 g/mol. The fourth-order valence-electron chi connectivity index (χ4n) is 3.25. The minimum Gasteiger partial charge on any atom is -0.493 e. The quantitative estimate of drug-likeness (QED) is 0.704. The molecule has 1 aromatic heterocycles. The molecule has 1 aromatic carbocycles. The standard InChI is InChI=1S/C22H28N2O4/c1-16(2)15-28-21-13-17(6-7-19(21)26-3)14-23-18-8-10-24(11-9-18)22(25)20-5-4-12-27-20/h4-7,12-13,18,23H,1,8-11,14-15H2,2-3H3. The molecule has 0 spiro atoms. The lowest BCUT2D eigenvalue weighted by Crippen LogP contribution is -2.44. The Morgan fingerprint density at radius 3 is 2.71 bits per heavy atom. The molecule has 1 fully saturated rings. The summed E-state index contributed by atoms with van der Waals surface area (Å²) in [4.78, 5) is 14.2. The third-order valence-electron chi connectivity index (χ3n) is 4.81. The number of hydrogen-bond donors (Lipinski definition) is 1. The highest BCUT2D eigenvalue weighted by Gasteiger charge is 2.24. The highest BCUT2D eigenvalue weighted by molar-refractivity contribution is 5.91. The first-order chi connectivity index (χ1) is 13.6. The number of furan rings is 1. The Kier molecular flexibility index (Phi) is 6.76. The molecule has 1 aliphatic heterocycles. The van der Waals surface area contributed by atoms with Gasteiger partial charge < -0.3 is 24.1 Å². The Balaban J connectivity index is 1.50. The van der Waals surface area contributed by atoms with E-state index in [1.54, 1.807) is 19.2 Å². The first-order valence-electron chi connectivity index (χ1n) is 9.57. The Morgan fingerprint density at radius 1 is 1.29 bits per heavy atom. The maximum Gasteiger partial charge on any atom is 0.289 e. The van der Waals surface area contributed by atoms with Crippen molar-refractivity contribution in [3.63, 3.8) is 0 Å². The van der Waals surface area contributed by atoms with E-state index in [9.17, 15) is 4.79 Å². The van der Waals surface area contributed by atoms with Crippen molar-refractivity contribution < 1.29 is 18.7 Å². The average molecular weight is 384 g/mol. The predicted molar refractivity (Wildman–Crippen MR) is 108 cm³/mol. The van der Waals surface area contributed by atoms with E-state index in [0.717, 1.165) is 55.1 Å². The first kappa shape index (κ1) is 20.0. The number of amides is 1. The van der Waals surface area contributed by atoms with Gasteiger partial charge in [-0.2, -0.15) is 0 Å². The van der Waals surface area contributed by atoms with E-state index in [0.29, 0.717) is 18.4 Å². The van der Waals surface area contributed by atoms with Gasteiger partial charge in [0.25, 0.3) is 5.91 Å². The lowest BCUT2D eigenvalue weighted by atomic mass is 10.0. The molecular weight excluding hydrogens is 356 g/mol. The summed E-state index contributed by atoms with van der Waals surface area (Å²) in [7, 11) is 1.64. The van der Waals surface area contributed by atoms with Crippen LogP contribution in [-0.2, 0) is 6.54 Å². The van der Waals surface area contributed by atoms with Gasteiger partial charge in [-0.3, -0.25) is 4.79 Å². The summed E-state index contributed by atoms with van der Waals surface area (Å²) in [5, 5.41) is 3.59. The average Bonchev–Trinajstić information content (AvgIpc) is 3.25. The zero-order chi connectivity index (χ0) is 19.9. The molecule has 150 valence electrons.